The van der Waals surface area contributed by atoms with Gasteiger partial charge < -0.3 is 30.3 Å². The molecule has 3 N–H and O–H groups in total. The Bertz CT molecular complexity index is 460. The van der Waals surface area contributed by atoms with Gasteiger partial charge in [-0.05, 0) is 54.1 Å². The third-order valence-corrected chi connectivity index (χ3v) is 4.49. The summed E-state index contributed by atoms with van der Waals surface area (Å²) >= 11 is 0. The molecule has 160 valence electrons. The zero-order valence-electron chi connectivity index (χ0n) is 17.7. The second kappa shape index (κ2) is 12.6. The number of likely N-dealkylation sites (N-methyl/N-ethyl adjacent to an activating group) is 1. The number of amides is 1. The first-order valence-electron chi connectivity index (χ1n) is 9.35. The number of halogens is 1. The van der Waals surface area contributed by atoms with Gasteiger partial charge in [0.2, 0.25) is 0 Å². The molecule has 8 nitrogen and oxygen atoms in total. The highest BCUT2D eigenvalue weighted by molar-refractivity contribution is 14.0. The highest BCUT2D eigenvalue weighted by atomic mass is 127. The lowest BCUT2D eigenvalue weighted by molar-refractivity contribution is -0.00501. The summed E-state index contributed by atoms with van der Waals surface area (Å²) in [6.07, 6.45) is 2.41. The van der Waals surface area contributed by atoms with Crippen molar-refractivity contribution >= 4 is 36.0 Å². The number of nitrogens with zero attached hydrogens (tertiary/aromatic N) is 2. The summed E-state index contributed by atoms with van der Waals surface area (Å²) < 4.78 is 10.7. The molecule has 1 amide bonds. The van der Waals surface area contributed by atoms with Gasteiger partial charge in [0.1, 0.15) is 5.60 Å². The number of aliphatic imine (C=N–C) groups is 1. The highest BCUT2D eigenvalue weighted by Gasteiger charge is 2.34. The molecule has 0 saturated carbocycles. The number of hydrogen-bond acceptors (Lipinski definition) is 5. The number of carbonyl (C=O) groups is 1. The van der Waals surface area contributed by atoms with Crippen molar-refractivity contribution in [3.63, 3.8) is 0 Å². The van der Waals surface area contributed by atoms with Crippen LogP contribution in [0.3, 0.4) is 0 Å². The monoisotopic (exact) mass is 499 g/mol. The Morgan fingerprint density at radius 2 is 1.74 bits per heavy atom. The number of ether oxygens (including phenoxy) is 2. The van der Waals surface area contributed by atoms with Gasteiger partial charge in [-0.25, -0.2) is 4.79 Å². The molecular formula is C18H38IN5O3. The van der Waals surface area contributed by atoms with Gasteiger partial charge in [-0.3, -0.25) is 4.99 Å². The van der Waals surface area contributed by atoms with E-state index in [2.05, 4.69) is 39.9 Å². The van der Waals surface area contributed by atoms with Crippen LogP contribution in [-0.4, -0.2) is 82.1 Å². The molecule has 0 bridgehead atoms. The summed E-state index contributed by atoms with van der Waals surface area (Å²) in [5, 5.41) is 9.46. The molecule has 0 atom stereocenters. The van der Waals surface area contributed by atoms with Gasteiger partial charge in [0, 0.05) is 45.4 Å². The minimum absolute atomic E-state index is 0. The zero-order valence-corrected chi connectivity index (χ0v) is 20.0. The number of guanidine groups is 1. The lowest BCUT2D eigenvalue weighted by Gasteiger charge is -2.43. The van der Waals surface area contributed by atoms with Gasteiger partial charge >= 0.3 is 6.09 Å². The normalized spacial score (nSPS) is 17.1. The Morgan fingerprint density at radius 3 is 2.26 bits per heavy atom. The van der Waals surface area contributed by atoms with Crippen molar-refractivity contribution in [2.45, 2.75) is 51.2 Å². The predicted octanol–water partition coefficient (Wildman–Crippen LogP) is 1.79. The maximum atomic E-state index is 11.6. The molecule has 0 aromatic carbocycles. The number of nitrogens with one attached hydrogen (secondary N) is 3. The fraction of sp³-hybridized carbons (Fsp3) is 0.889. The van der Waals surface area contributed by atoms with E-state index in [1.165, 1.54) is 0 Å². The van der Waals surface area contributed by atoms with Crippen LogP contribution in [0.5, 0.6) is 0 Å². The maximum absolute atomic E-state index is 11.6. The minimum Gasteiger partial charge on any atom is -0.444 e. The third-order valence-electron chi connectivity index (χ3n) is 4.49. The third kappa shape index (κ3) is 10.3. The van der Waals surface area contributed by atoms with Gasteiger partial charge in [0.25, 0.3) is 0 Å². The van der Waals surface area contributed by atoms with Gasteiger partial charge in [-0.15, -0.1) is 24.0 Å². The largest absolute Gasteiger partial charge is 0.444 e. The lowest BCUT2D eigenvalue weighted by Crippen LogP contribution is -2.57. The van der Waals surface area contributed by atoms with Crippen molar-refractivity contribution < 1.29 is 14.3 Å². The van der Waals surface area contributed by atoms with Gasteiger partial charge in [-0.2, -0.15) is 0 Å². The topological polar surface area (TPSA) is 87.2 Å². The Kier molecular flexibility index (Phi) is 12.2. The van der Waals surface area contributed by atoms with E-state index < -0.39 is 5.60 Å². The average molecular weight is 499 g/mol. The molecule has 0 radical (unpaired) electrons. The first-order chi connectivity index (χ1) is 12.2. The minimum atomic E-state index is -0.471. The SMILES string of the molecule is CN=C(NCCCNC(=O)OC(C)(C)C)NCC1(N(C)C)CCOCC1.I. The summed E-state index contributed by atoms with van der Waals surface area (Å²) in [5.74, 6) is 0.773. The Hall–Kier alpha value is -0.810. The fourth-order valence-corrected chi connectivity index (χ4v) is 2.80. The zero-order chi connectivity index (χ0) is 19.6. The number of hydrogen-bond donors (Lipinski definition) is 3. The Morgan fingerprint density at radius 1 is 1.15 bits per heavy atom. The van der Waals surface area contributed by atoms with Crippen LogP contribution in [0.4, 0.5) is 4.79 Å². The number of alkyl carbamates (subject to hydrolysis) is 1. The van der Waals surface area contributed by atoms with Gasteiger partial charge in [0.15, 0.2) is 5.96 Å². The molecule has 0 aromatic heterocycles. The molecule has 1 fully saturated rings. The van der Waals surface area contributed by atoms with E-state index in [0.29, 0.717) is 13.1 Å². The second-order valence-electron chi connectivity index (χ2n) is 7.87. The van der Waals surface area contributed by atoms with Crippen LogP contribution in [-0.2, 0) is 9.47 Å². The highest BCUT2D eigenvalue weighted by Crippen LogP contribution is 2.24. The Balaban J connectivity index is 0.00000676. The molecule has 0 aliphatic carbocycles. The second-order valence-corrected chi connectivity index (χ2v) is 7.87. The number of carbonyl (C=O) groups excluding carboxylic acids is 1. The molecule has 0 aromatic rings. The van der Waals surface area contributed by atoms with Crippen LogP contribution in [0.2, 0.25) is 0 Å². The molecule has 27 heavy (non-hydrogen) atoms. The van der Waals surface area contributed by atoms with Crippen LogP contribution in [0.25, 0.3) is 0 Å². The molecule has 9 heteroatoms. The molecule has 0 spiro atoms. The predicted molar refractivity (Wildman–Crippen MR) is 120 cm³/mol. The van der Waals surface area contributed by atoms with Crippen molar-refractivity contribution in [2.75, 3.05) is 54.0 Å². The van der Waals surface area contributed by atoms with Gasteiger partial charge in [0.05, 0.1) is 0 Å². The first kappa shape index (κ1) is 26.2. The van der Waals surface area contributed by atoms with E-state index in [1.54, 1.807) is 7.05 Å². The summed E-state index contributed by atoms with van der Waals surface area (Å²) in [5.41, 5.74) is -0.380. The molecule has 0 unspecified atom stereocenters. The van der Waals surface area contributed by atoms with Crippen LogP contribution < -0.4 is 16.0 Å². The fourth-order valence-electron chi connectivity index (χ4n) is 2.80. The van der Waals surface area contributed by atoms with Crippen molar-refractivity contribution in [1.82, 2.24) is 20.9 Å². The van der Waals surface area contributed by atoms with E-state index >= 15 is 0 Å². The maximum Gasteiger partial charge on any atom is 0.407 e. The summed E-state index contributed by atoms with van der Waals surface area (Å²) in [6, 6.07) is 0. The summed E-state index contributed by atoms with van der Waals surface area (Å²) in [6.45, 7) is 9.23. The molecule has 1 aliphatic heterocycles. The molecule has 1 heterocycles. The van der Waals surface area contributed by atoms with Crippen molar-refractivity contribution in [1.29, 1.82) is 0 Å². The summed E-state index contributed by atoms with van der Waals surface area (Å²) in [7, 11) is 6.00. The van der Waals surface area contributed by atoms with E-state index in [9.17, 15) is 4.79 Å². The number of rotatable bonds is 7. The standard InChI is InChI=1S/C18H37N5O3.HI/c1-17(2,3)26-16(24)21-11-7-10-20-15(19-4)22-14-18(23(5)6)8-12-25-13-9-18;/h7-14H2,1-6H3,(H,21,24)(H2,19,20,22);1H. The van der Waals surface area contributed by atoms with Crippen LogP contribution in [0, 0.1) is 0 Å². The van der Waals surface area contributed by atoms with Crippen LogP contribution in [0.15, 0.2) is 4.99 Å². The van der Waals surface area contributed by atoms with E-state index in [0.717, 1.165) is 45.0 Å². The van der Waals surface area contributed by atoms with E-state index in [-0.39, 0.29) is 35.6 Å². The lowest BCUT2D eigenvalue weighted by atomic mass is 9.88. The molecular weight excluding hydrogens is 461 g/mol. The summed E-state index contributed by atoms with van der Waals surface area (Å²) in [4.78, 5) is 18.1. The first-order valence-corrected chi connectivity index (χ1v) is 9.35. The van der Waals surface area contributed by atoms with Crippen LogP contribution >= 0.6 is 24.0 Å². The van der Waals surface area contributed by atoms with Crippen molar-refractivity contribution in [2.24, 2.45) is 4.99 Å². The molecule has 1 aliphatic rings. The van der Waals surface area contributed by atoms with Crippen molar-refractivity contribution in [3.05, 3.63) is 0 Å². The smallest absolute Gasteiger partial charge is 0.407 e. The molecule has 1 saturated heterocycles. The van der Waals surface area contributed by atoms with Crippen molar-refractivity contribution in [3.8, 4) is 0 Å². The molecule has 1 rings (SSSR count). The average Bonchev–Trinajstić information content (AvgIpc) is 2.56. The quantitative estimate of drug-likeness (QED) is 0.214. The Labute approximate surface area is 181 Å². The van der Waals surface area contributed by atoms with E-state index in [4.69, 9.17) is 9.47 Å². The van der Waals surface area contributed by atoms with E-state index in [1.807, 2.05) is 20.8 Å². The van der Waals surface area contributed by atoms with Gasteiger partial charge in [-0.1, -0.05) is 0 Å². The van der Waals surface area contributed by atoms with Crippen LogP contribution in [0.1, 0.15) is 40.0 Å².